The number of nitrogens with zero attached hydrogens (tertiary/aromatic N) is 1. The maximum atomic E-state index is 12.8. The van der Waals surface area contributed by atoms with Gasteiger partial charge in [-0.15, -0.1) is 11.3 Å². The third kappa shape index (κ3) is 4.02. The van der Waals surface area contributed by atoms with Crippen molar-refractivity contribution in [3.05, 3.63) is 58.6 Å². The third-order valence-corrected chi connectivity index (χ3v) is 5.84. The molecule has 5 nitrogen and oxygen atoms in total. The molecule has 2 amide bonds. The number of amides is 2. The van der Waals surface area contributed by atoms with Gasteiger partial charge < -0.3 is 10.6 Å². The van der Waals surface area contributed by atoms with Crippen molar-refractivity contribution >= 4 is 28.8 Å². The zero-order chi connectivity index (χ0) is 18.6. The first-order valence-corrected chi connectivity index (χ1v) is 9.65. The van der Waals surface area contributed by atoms with Crippen LogP contribution in [-0.4, -0.2) is 16.8 Å². The lowest BCUT2D eigenvalue weighted by Crippen LogP contribution is -2.44. The van der Waals surface area contributed by atoms with Crippen LogP contribution in [-0.2, 0) is 21.5 Å². The van der Waals surface area contributed by atoms with Gasteiger partial charge in [-0.2, -0.15) is 0 Å². The molecule has 0 bridgehead atoms. The largest absolute Gasteiger partial charge is 0.344 e. The minimum atomic E-state index is -0.352. The van der Waals surface area contributed by atoms with Gasteiger partial charge >= 0.3 is 0 Å². The summed E-state index contributed by atoms with van der Waals surface area (Å²) in [6, 6.07) is 7.34. The molecule has 0 radical (unpaired) electrons. The highest BCUT2D eigenvalue weighted by molar-refractivity contribution is 7.09. The topological polar surface area (TPSA) is 71.1 Å². The number of carbonyl (C=O) groups excluding carboxylic acids is 2. The third-order valence-electron chi connectivity index (χ3n) is 4.68. The molecular formula is C20H23N3O2S. The summed E-state index contributed by atoms with van der Waals surface area (Å²) in [5, 5.41) is 9.02. The molecule has 1 aromatic heterocycles. The molecule has 0 atom stereocenters. The van der Waals surface area contributed by atoms with E-state index in [1.54, 1.807) is 17.4 Å². The second-order valence-electron chi connectivity index (χ2n) is 6.66. The molecule has 1 saturated carbocycles. The Morgan fingerprint density at radius 2 is 2.04 bits per heavy atom. The Kier molecular flexibility index (Phi) is 5.52. The molecule has 6 heteroatoms. The fraction of sp³-hybridized carbons (Fsp3) is 0.350. The minimum absolute atomic E-state index is 0.0555. The zero-order valence-electron chi connectivity index (χ0n) is 14.9. The van der Waals surface area contributed by atoms with Crippen molar-refractivity contribution in [1.29, 1.82) is 0 Å². The molecule has 1 aliphatic carbocycles. The summed E-state index contributed by atoms with van der Waals surface area (Å²) in [4.78, 5) is 29.0. The summed E-state index contributed by atoms with van der Waals surface area (Å²) < 4.78 is 0. The summed E-state index contributed by atoms with van der Waals surface area (Å²) in [7, 11) is 0. The fourth-order valence-electron chi connectivity index (χ4n) is 3.41. The molecule has 1 fully saturated rings. The van der Waals surface area contributed by atoms with E-state index < -0.39 is 0 Å². The van der Waals surface area contributed by atoms with Crippen LogP contribution in [0.2, 0.25) is 0 Å². The molecule has 3 rings (SSSR count). The van der Waals surface area contributed by atoms with Gasteiger partial charge in [-0.25, -0.2) is 4.98 Å². The average Bonchev–Trinajstić information content (AvgIpc) is 3.26. The van der Waals surface area contributed by atoms with Crippen LogP contribution in [0.25, 0.3) is 0 Å². The smallest absolute Gasteiger partial charge is 0.247 e. The zero-order valence-corrected chi connectivity index (χ0v) is 15.7. The van der Waals surface area contributed by atoms with E-state index in [2.05, 4.69) is 22.2 Å². The van der Waals surface area contributed by atoms with E-state index in [1.165, 1.54) is 6.08 Å². The number of nitrogens with one attached hydrogen (secondary N) is 2. The van der Waals surface area contributed by atoms with E-state index in [1.807, 2.05) is 30.5 Å². The number of carbonyl (C=O) groups is 2. The predicted molar refractivity (Wildman–Crippen MR) is 104 cm³/mol. The quantitative estimate of drug-likeness (QED) is 0.763. The maximum absolute atomic E-state index is 12.8. The number of hydrogen-bond donors (Lipinski definition) is 2. The lowest BCUT2D eigenvalue weighted by molar-refractivity contribution is -0.122. The number of benzene rings is 1. The highest BCUT2D eigenvalue weighted by Crippen LogP contribution is 2.40. The van der Waals surface area contributed by atoms with Crippen LogP contribution in [0.3, 0.4) is 0 Å². The van der Waals surface area contributed by atoms with Crippen molar-refractivity contribution in [2.24, 2.45) is 0 Å². The second-order valence-corrected chi connectivity index (χ2v) is 7.52. The summed E-state index contributed by atoms with van der Waals surface area (Å²) in [5.74, 6) is -0.344. The molecular weight excluding hydrogens is 346 g/mol. The summed E-state index contributed by atoms with van der Waals surface area (Å²) in [6.07, 6.45) is 5.44. The van der Waals surface area contributed by atoms with Gasteiger partial charge in [0.05, 0.1) is 12.0 Å². The van der Waals surface area contributed by atoms with Crippen LogP contribution >= 0.6 is 11.3 Å². The standard InChI is InChI=1S/C20H23N3O2S/c1-3-17(24)22-16-9-5-4-8-15(16)12-18(25)23-20(10-6-7-11-20)19-21-14(2)13-26-19/h3-5,8-9,13H,1,6-7,10-12H2,2H3,(H,22,24)(H,23,25). The Morgan fingerprint density at radius 1 is 1.31 bits per heavy atom. The first kappa shape index (κ1) is 18.3. The van der Waals surface area contributed by atoms with Crippen LogP contribution < -0.4 is 10.6 Å². The summed E-state index contributed by atoms with van der Waals surface area (Å²) in [5.41, 5.74) is 2.06. The number of aromatic nitrogens is 1. The molecule has 1 heterocycles. The fourth-order valence-corrected chi connectivity index (χ4v) is 4.42. The summed E-state index contributed by atoms with van der Waals surface area (Å²) in [6.45, 7) is 5.44. The number of aryl methyl sites for hydroxylation is 1. The second kappa shape index (κ2) is 7.83. The van der Waals surface area contributed by atoms with Gasteiger partial charge in [0.25, 0.3) is 0 Å². The van der Waals surface area contributed by atoms with Gasteiger partial charge in [0.1, 0.15) is 5.01 Å². The van der Waals surface area contributed by atoms with Crippen LogP contribution in [0.1, 0.15) is 41.9 Å². The Morgan fingerprint density at radius 3 is 2.69 bits per heavy atom. The molecule has 2 N–H and O–H groups in total. The highest BCUT2D eigenvalue weighted by atomic mass is 32.1. The van der Waals surface area contributed by atoms with Gasteiger partial charge in [0.2, 0.25) is 11.8 Å². The lowest BCUT2D eigenvalue weighted by Gasteiger charge is -2.28. The van der Waals surface area contributed by atoms with Crippen molar-refractivity contribution in [3.63, 3.8) is 0 Å². The molecule has 0 unspecified atom stereocenters. The maximum Gasteiger partial charge on any atom is 0.247 e. The van der Waals surface area contributed by atoms with E-state index in [0.717, 1.165) is 41.9 Å². The number of rotatable bonds is 6. The van der Waals surface area contributed by atoms with Crippen LogP contribution in [0, 0.1) is 6.92 Å². The highest BCUT2D eigenvalue weighted by Gasteiger charge is 2.39. The number of hydrogen-bond acceptors (Lipinski definition) is 4. The van der Waals surface area contributed by atoms with Crippen molar-refractivity contribution in [1.82, 2.24) is 10.3 Å². The van der Waals surface area contributed by atoms with Crippen molar-refractivity contribution < 1.29 is 9.59 Å². The molecule has 0 spiro atoms. The van der Waals surface area contributed by atoms with Crippen LogP contribution in [0.15, 0.2) is 42.3 Å². The Bertz CT molecular complexity index is 822. The van der Waals surface area contributed by atoms with Crippen molar-refractivity contribution in [2.45, 2.75) is 44.6 Å². The molecule has 0 saturated heterocycles. The first-order valence-electron chi connectivity index (χ1n) is 8.77. The molecule has 2 aromatic rings. The molecule has 136 valence electrons. The molecule has 26 heavy (non-hydrogen) atoms. The van der Waals surface area contributed by atoms with E-state index >= 15 is 0 Å². The summed E-state index contributed by atoms with van der Waals surface area (Å²) >= 11 is 1.61. The van der Waals surface area contributed by atoms with E-state index in [0.29, 0.717) is 5.69 Å². The van der Waals surface area contributed by atoms with Gasteiger partial charge in [-0.05, 0) is 37.5 Å². The monoisotopic (exact) mass is 369 g/mol. The lowest BCUT2D eigenvalue weighted by atomic mass is 9.97. The molecule has 1 aliphatic rings. The van der Waals surface area contributed by atoms with Gasteiger partial charge in [0.15, 0.2) is 0 Å². The SMILES string of the molecule is C=CC(=O)Nc1ccccc1CC(=O)NC1(c2nc(C)cs2)CCCC1. The van der Waals surface area contributed by atoms with Gasteiger partial charge in [-0.3, -0.25) is 9.59 Å². The Hall–Kier alpha value is -2.47. The first-order chi connectivity index (χ1) is 12.5. The van der Waals surface area contributed by atoms with E-state index in [-0.39, 0.29) is 23.8 Å². The van der Waals surface area contributed by atoms with Crippen molar-refractivity contribution in [3.8, 4) is 0 Å². The Labute approximate surface area is 157 Å². The van der Waals surface area contributed by atoms with E-state index in [4.69, 9.17) is 0 Å². The van der Waals surface area contributed by atoms with E-state index in [9.17, 15) is 9.59 Å². The number of para-hydroxylation sites is 1. The van der Waals surface area contributed by atoms with Gasteiger partial charge in [-0.1, -0.05) is 37.6 Å². The Balaban J connectivity index is 1.76. The normalized spacial score (nSPS) is 15.4. The van der Waals surface area contributed by atoms with Crippen molar-refractivity contribution in [2.75, 3.05) is 5.32 Å². The molecule has 0 aliphatic heterocycles. The minimum Gasteiger partial charge on any atom is -0.344 e. The molecule has 1 aromatic carbocycles. The average molecular weight is 369 g/mol. The van der Waals surface area contributed by atoms with Crippen LogP contribution in [0.4, 0.5) is 5.69 Å². The van der Waals surface area contributed by atoms with Crippen LogP contribution in [0.5, 0.6) is 0 Å². The predicted octanol–water partition coefficient (Wildman–Crippen LogP) is 3.70. The van der Waals surface area contributed by atoms with Gasteiger partial charge in [0, 0.05) is 16.8 Å². The number of thiazole rings is 1. The number of anilines is 1.